The lowest BCUT2D eigenvalue weighted by Gasteiger charge is -2.07. The summed E-state index contributed by atoms with van der Waals surface area (Å²) < 4.78 is 1.92. The topological polar surface area (TPSA) is 76.0 Å². The highest BCUT2D eigenvalue weighted by atomic mass is 35.5. The van der Waals surface area contributed by atoms with E-state index in [1.165, 1.54) is 18.8 Å². The van der Waals surface area contributed by atoms with Gasteiger partial charge in [-0.1, -0.05) is 53.7 Å². The molecule has 0 fully saturated rings. The van der Waals surface area contributed by atoms with Gasteiger partial charge in [0.1, 0.15) is 0 Å². The number of hydrogen-bond acceptors (Lipinski definition) is 4. The summed E-state index contributed by atoms with van der Waals surface area (Å²) in [4.78, 5) is 27.8. The molecule has 0 unspecified atom stereocenters. The van der Waals surface area contributed by atoms with Gasteiger partial charge < -0.3 is 5.32 Å². The van der Waals surface area contributed by atoms with E-state index in [4.69, 9.17) is 11.6 Å². The summed E-state index contributed by atoms with van der Waals surface area (Å²) in [6.07, 6.45) is 1.91. The Kier molecular flexibility index (Phi) is 6.16. The third-order valence-corrected chi connectivity index (χ3v) is 4.86. The summed E-state index contributed by atoms with van der Waals surface area (Å²) in [6, 6.07) is 16.6. The lowest BCUT2D eigenvalue weighted by molar-refractivity contribution is -0.117. The zero-order valence-corrected chi connectivity index (χ0v) is 16.1. The molecule has 0 saturated heterocycles. The Morgan fingerprint density at radius 2 is 1.81 bits per heavy atom. The van der Waals surface area contributed by atoms with Crippen LogP contribution in [0.3, 0.4) is 0 Å². The number of amides is 3. The highest BCUT2D eigenvalue weighted by Gasteiger charge is 2.14. The fourth-order valence-corrected chi connectivity index (χ4v) is 3.27. The van der Waals surface area contributed by atoms with Crippen LogP contribution in [0.15, 0.2) is 66.0 Å². The average molecular weight is 401 g/mol. The van der Waals surface area contributed by atoms with Crippen LogP contribution in [-0.2, 0) is 4.79 Å². The van der Waals surface area contributed by atoms with Gasteiger partial charge in [0.05, 0.1) is 11.4 Å². The minimum Gasteiger partial charge on any atom is -0.341 e. The van der Waals surface area contributed by atoms with Gasteiger partial charge in [-0.3, -0.25) is 14.7 Å². The maximum absolute atomic E-state index is 11.9. The van der Waals surface area contributed by atoms with E-state index in [1.54, 1.807) is 0 Å². The zero-order valence-electron chi connectivity index (χ0n) is 14.5. The molecule has 0 aliphatic carbocycles. The summed E-state index contributed by atoms with van der Waals surface area (Å²) in [7, 11) is 1.45. The number of imidazole rings is 1. The second kappa shape index (κ2) is 8.75. The van der Waals surface area contributed by atoms with Crippen molar-refractivity contribution in [3.63, 3.8) is 0 Å². The molecule has 0 atom stereocenters. The molecule has 27 heavy (non-hydrogen) atoms. The van der Waals surface area contributed by atoms with E-state index in [0.29, 0.717) is 10.2 Å². The fourth-order valence-electron chi connectivity index (χ4n) is 2.35. The smallest absolute Gasteiger partial charge is 0.321 e. The second-order valence-electron chi connectivity index (χ2n) is 5.54. The molecule has 3 amide bonds. The van der Waals surface area contributed by atoms with E-state index < -0.39 is 11.9 Å². The molecule has 3 rings (SSSR count). The van der Waals surface area contributed by atoms with Gasteiger partial charge in [0.25, 0.3) is 0 Å². The molecule has 0 bridgehead atoms. The van der Waals surface area contributed by atoms with Gasteiger partial charge in [-0.15, -0.1) is 0 Å². The summed E-state index contributed by atoms with van der Waals surface area (Å²) in [5, 5.41) is 5.90. The molecule has 1 aromatic heterocycles. The Balaban J connectivity index is 1.87. The van der Waals surface area contributed by atoms with Crippen molar-refractivity contribution >= 4 is 35.3 Å². The van der Waals surface area contributed by atoms with E-state index in [-0.39, 0.29) is 5.75 Å². The van der Waals surface area contributed by atoms with Crippen molar-refractivity contribution in [2.45, 2.75) is 5.16 Å². The van der Waals surface area contributed by atoms with Gasteiger partial charge >= 0.3 is 6.03 Å². The van der Waals surface area contributed by atoms with Gasteiger partial charge in [-0.2, -0.15) is 0 Å². The van der Waals surface area contributed by atoms with Crippen LogP contribution in [0.5, 0.6) is 0 Å². The van der Waals surface area contributed by atoms with Crippen LogP contribution >= 0.6 is 23.4 Å². The van der Waals surface area contributed by atoms with Gasteiger partial charge in [-0.25, -0.2) is 9.78 Å². The zero-order chi connectivity index (χ0) is 19.2. The molecule has 1 heterocycles. The van der Waals surface area contributed by atoms with Crippen LogP contribution in [-0.4, -0.2) is 34.3 Å². The van der Waals surface area contributed by atoms with Crippen LogP contribution < -0.4 is 10.6 Å². The van der Waals surface area contributed by atoms with Crippen molar-refractivity contribution in [1.29, 1.82) is 0 Å². The number of halogens is 1. The fraction of sp³-hybridized carbons (Fsp3) is 0.105. The SMILES string of the molecule is CNC(=O)NC(=O)CSc1nc(-c2ccc(Cl)cc2)cn1-c1ccccc1. The number of hydrogen-bond donors (Lipinski definition) is 2. The third-order valence-electron chi connectivity index (χ3n) is 3.66. The standard InChI is InChI=1S/C19H17ClN4O2S/c1-21-18(26)23-17(25)12-27-19-22-16(13-7-9-14(20)10-8-13)11-24(19)15-5-3-2-4-6-15/h2-11H,12H2,1H3,(H2,21,23,25,26). The molecule has 0 aliphatic rings. The molecule has 138 valence electrons. The Morgan fingerprint density at radius 3 is 2.48 bits per heavy atom. The maximum Gasteiger partial charge on any atom is 0.321 e. The number of thioether (sulfide) groups is 1. The van der Waals surface area contributed by atoms with E-state index in [0.717, 1.165) is 16.9 Å². The highest BCUT2D eigenvalue weighted by Crippen LogP contribution is 2.28. The Labute approximate surface area is 165 Å². The van der Waals surface area contributed by atoms with Crippen LogP contribution in [0.25, 0.3) is 16.9 Å². The largest absolute Gasteiger partial charge is 0.341 e. The van der Waals surface area contributed by atoms with Crippen molar-refractivity contribution in [2.75, 3.05) is 12.8 Å². The molecular formula is C19H17ClN4O2S. The van der Waals surface area contributed by atoms with Crippen LogP contribution in [0.4, 0.5) is 4.79 Å². The normalized spacial score (nSPS) is 10.4. The number of nitrogens with one attached hydrogen (secondary N) is 2. The first-order chi connectivity index (χ1) is 13.1. The van der Waals surface area contributed by atoms with Crippen molar-refractivity contribution in [3.05, 3.63) is 65.8 Å². The average Bonchev–Trinajstić information content (AvgIpc) is 3.12. The molecule has 0 radical (unpaired) electrons. The predicted molar refractivity (Wildman–Crippen MR) is 107 cm³/mol. The van der Waals surface area contributed by atoms with E-state index in [9.17, 15) is 9.59 Å². The number of benzene rings is 2. The molecule has 2 aromatic carbocycles. The first-order valence-corrected chi connectivity index (χ1v) is 9.48. The summed E-state index contributed by atoms with van der Waals surface area (Å²) in [5.41, 5.74) is 2.62. The molecule has 0 aliphatic heterocycles. The van der Waals surface area contributed by atoms with Crippen LogP contribution in [0.2, 0.25) is 5.02 Å². The van der Waals surface area contributed by atoms with Gasteiger partial charge in [-0.05, 0) is 24.3 Å². The summed E-state index contributed by atoms with van der Waals surface area (Å²) in [6.45, 7) is 0. The second-order valence-corrected chi connectivity index (χ2v) is 6.92. The van der Waals surface area contributed by atoms with Gasteiger partial charge in [0, 0.05) is 29.5 Å². The summed E-state index contributed by atoms with van der Waals surface area (Å²) in [5.74, 6) is -0.327. The lowest BCUT2D eigenvalue weighted by atomic mass is 10.2. The molecule has 8 heteroatoms. The quantitative estimate of drug-likeness (QED) is 0.639. The predicted octanol–water partition coefficient (Wildman–Crippen LogP) is 3.74. The number of para-hydroxylation sites is 1. The minimum absolute atomic E-state index is 0.0668. The first-order valence-electron chi connectivity index (χ1n) is 8.12. The number of carbonyl (C=O) groups is 2. The highest BCUT2D eigenvalue weighted by molar-refractivity contribution is 7.99. The number of nitrogens with zero attached hydrogens (tertiary/aromatic N) is 2. The lowest BCUT2D eigenvalue weighted by Crippen LogP contribution is -2.38. The number of rotatable bonds is 5. The molecule has 2 N–H and O–H groups in total. The molecule has 0 spiro atoms. The third kappa shape index (κ3) is 4.90. The van der Waals surface area contributed by atoms with Crippen LogP contribution in [0.1, 0.15) is 0 Å². The Bertz CT molecular complexity index is 942. The number of imide groups is 1. The monoisotopic (exact) mass is 400 g/mol. The number of carbonyl (C=O) groups excluding carboxylic acids is 2. The number of urea groups is 1. The maximum atomic E-state index is 11.9. The molecule has 6 nitrogen and oxygen atoms in total. The molecule has 0 saturated carbocycles. The Hall–Kier alpha value is -2.77. The Morgan fingerprint density at radius 1 is 1.11 bits per heavy atom. The van der Waals surface area contributed by atoms with Crippen molar-refractivity contribution in [3.8, 4) is 16.9 Å². The van der Waals surface area contributed by atoms with Gasteiger partial charge in [0.15, 0.2) is 5.16 Å². The molecular weight excluding hydrogens is 384 g/mol. The van der Waals surface area contributed by atoms with Gasteiger partial charge in [0.2, 0.25) is 5.91 Å². The first kappa shape index (κ1) is 19.0. The van der Waals surface area contributed by atoms with Crippen LogP contribution in [0, 0.1) is 0 Å². The minimum atomic E-state index is -0.533. The van der Waals surface area contributed by atoms with Crippen molar-refractivity contribution in [1.82, 2.24) is 20.2 Å². The molecule has 3 aromatic rings. The van der Waals surface area contributed by atoms with E-state index in [1.807, 2.05) is 65.4 Å². The van der Waals surface area contributed by atoms with Crippen molar-refractivity contribution < 1.29 is 9.59 Å². The van der Waals surface area contributed by atoms with E-state index in [2.05, 4.69) is 15.6 Å². The van der Waals surface area contributed by atoms with E-state index >= 15 is 0 Å². The number of aromatic nitrogens is 2. The summed E-state index contributed by atoms with van der Waals surface area (Å²) >= 11 is 7.22. The van der Waals surface area contributed by atoms with Crippen molar-refractivity contribution in [2.24, 2.45) is 0 Å².